The highest BCUT2D eigenvalue weighted by Gasteiger charge is 2.30. The summed E-state index contributed by atoms with van der Waals surface area (Å²) in [6.07, 6.45) is -3.69. The summed E-state index contributed by atoms with van der Waals surface area (Å²) < 4.78 is 53.4. The third-order valence-electron chi connectivity index (χ3n) is 3.67. The summed E-state index contributed by atoms with van der Waals surface area (Å²) in [4.78, 5) is 8.02. The van der Waals surface area contributed by atoms with Gasteiger partial charge < -0.3 is 24.8 Å². The SMILES string of the molecule is CCNC(=NCCOc1ccc(C(F)(F)F)cn1)Nc1ccc(OC)c(OC)c1.I. The van der Waals surface area contributed by atoms with E-state index >= 15 is 0 Å². The number of methoxy groups -OCH3 is 2. The van der Waals surface area contributed by atoms with Gasteiger partial charge in [0.15, 0.2) is 17.5 Å². The van der Waals surface area contributed by atoms with Crippen LogP contribution in [-0.2, 0) is 6.18 Å². The quantitative estimate of drug-likeness (QED) is 0.227. The van der Waals surface area contributed by atoms with E-state index in [1.54, 1.807) is 26.4 Å². The molecule has 0 fully saturated rings. The van der Waals surface area contributed by atoms with E-state index in [2.05, 4.69) is 20.6 Å². The molecule has 1 aromatic heterocycles. The van der Waals surface area contributed by atoms with Crippen LogP contribution in [0.25, 0.3) is 0 Å². The summed E-state index contributed by atoms with van der Waals surface area (Å²) in [6, 6.07) is 7.46. The predicted molar refractivity (Wildman–Crippen MR) is 119 cm³/mol. The van der Waals surface area contributed by atoms with Gasteiger partial charge in [0.2, 0.25) is 5.88 Å². The molecular weight excluding hydrogens is 516 g/mol. The van der Waals surface area contributed by atoms with Crippen molar-refractivity contribution >= 4 is 35.6 Å². The van der Waals surface area contributed by atoms with E-state index in [-0.39, 0.29) is 43.0 Å². The minimum Gasteiger partial charge on any atom is -0.493 e. The monoisotopic (exact) mass is 540 g/mol. The lowest BCUT2D eigenvalue weighted by Gasteiger charge is -2.14. The van der Waals surface area contributed by atoms with Gasteiger partial charge in [0.05, 0.1) is 26.3 Å². The van der Waals surface area contributed by atoms with E-state index < -0.39 is 11.7 Å². The standard InChI is InChI=1S/C19H23F3N4O3.HI/c1-4-23-18(26-14-6-7-15(27-2)16(11-14)28-3)24-9-10-29-17-8-5-13(12-25-17)19(20,21)22;/h5-8,11-12H,4,9-10H2,1-3H3,(H2,23,24,26);1H. The van der Waals surface area contributed by atoms with Gasteiger partial charge in [-0.3, -0.25) is 0 Å². The van der Waals surface area contributed by atoms with Crippen LogP contribution < -0.4 is 24.8 Å². The zero-order valence-corrected chi connectivity index (χ0v) is 19.1. The molecule has 2 N–H and O–H groups in total. The number of nitrogens with zero attached hydrogens (tertiary/aromatic N) is 2. The van der Waals surface area contributed by atoms with E-state index in [4.69, 9.17) is 14.2 Å². The van der Waals surface area contributed by atoms with Crippen LogP contribution in [0.15, 0.2) is 41.5 Å². The van der Waals surface area contributed by atoms with Gasteiger partial charge in [-0.15, -0.1) is 24.0 Å². The van der Waals surface area contributed by atoms with Gasteiger partial charge in [0.25, 0.3) is 0 Å². The Morgan fingerprint density at radius 3 is 2.40 bits per heavy atom. The van der Waals surface area contributed by atoms with Crippen LogP contribution in [0.3, 0.4) is 0 Å². The maximum atomic E-state index is 12.5. The van der Waals surface area contributed by atoms with Crippen molar-refractivity contribution < 1.29 is 27.4 Å². The molecule has 0 saturated carbocycles. The molecule has 0 bridgehead atoms. The summed E-state index contributed by atoms with van der Waals surface area (Å²) in [5.41, 5.74) is -0.0795. The average Bonchev–Trinajstić information content (AvgIpc) is 2.70. The van der Waals surface area contributed by atoms with Crippen LogP contribution in [0.2, 0.25) is 0 Å². The Morgan fingerprint density at radius 2 is 1.83 bits per heavy atom. The minimum absolute atomic E-state index is 0. The fourth-order valence-electron chi connectivity index (χ4n) is 2.30. The first-order valence-corrected chi connectivity index (χ1v) is 8.80. The number of halogens is 4. The largest absolute Gasteiger partial charge is 0.493 e. The lowest BCUT2D eigenvalue weighted by molar-refractivity contribution is -0.137. The molecule has 1 heterocycles. The molecule has 0 aliphatic carbocycles. The summed E-state index contributed by atoms with van der Waals surface area (Å²) in [5, 5.41) is 6.23. The van der Waals surface area contributed by atoms with E-state index in [1.165, 1.54) is 6.07 Å². The third kappa shape index (κ3) is 7.76. The average molecular weight is 540 g/mol. The number of hydrogen-bond donors (Lipinski definition) is 2. The number of anilines is 1. The van der Waals surface area contributed by atoms with E-state index in [0.717, 1.165) is 18.0 Å². The molecule has 0 aliphatic rings. The zero-order chi connectivity index (χ0) is 21.3. The van der Waals surface area contributed by atoms with Gasteiger partial charge in [0.1, 0.15) is 6.61 Å². The molecule has 0 amide bonds. The molecule has 166 valence electrons. The number of nitrogens with one attached hydrogen (secondary N) is 2. The number of benzene rings is 1. The molecule has 7 nitrogen and oxygen atoms in total. The molecule has 30 heavy (non-hydrogen) atoms. The Hall–Kier alpha value is -2.44. The molecule has 2 aromatic rings. The molecule has 0 spiro atoms. The third-order valence-corrected chi connectivity index (χ3v) is 3.67. The van der Waals surface area contributed by atoms with Gasteiger partial charge in [0, 0.05) is 30.6 Å². The maximum Gasteiger partial charge on any atom is 0.417 e. The van der Waals surface area contributed by atoms with Crippen molar-refractivity contribution in [2.45, 2.75) is 13.1 Å². The highest BCUT2D eigenvalue weighted by atomic mass is 127. The van der Waals surface area contributed by atoms with Crippen molar-refractivity contribution in [3.63, 3.8) is 0 Å². The Labute approximate surface area is 190 Å². The summed E-state index contributed by atoms with van der Waals surface area (Å²) >= 11 is 0. The van der Waals surface area contributed by atoms with Crippen LogP contribution in [0.1, 0.15) is 12.5 Å². The number of aliphatic imine (C=N–C) groups is 1. The molecule has 1 aromatic carbocycles. The summed E-state index contributed by atoms with van der Waals surface area (Å²) in [5.74, 6) is 1.80. The van der Waals surface area contributed by atoms with Crippen molar-refractivity contribution in [1.29, 1.82) is 0 Å². The van der Waals surface area contributed by atoms with Gasteiger partial charge >= 0.3 is 6.18 Å². The Bertz CT molecular complexity index is 818. The lowest BCUT2D eigenvalue weighted by Crippen LogP contribution is -2.31. The number of alkyl halides is 3. The van der Waals surface area contributed by atoms with Gasteiger partial charge in [-0.1, -0.05) is 0 Å². The topological polar surface area (TPSA) is 77.0 Å². The molecule has 0 radical (unpaired) electrons. The first-order valence-electron chi connectivity index (χ1n) is 8.80. The zero-order valence-electron chi connectivity index (χ0n) is 16.7. The fourth-order valence-corrected chi connectivity index (χ4v) is 2.30. The van der Waals surface area contributed by atoms with E-state index in [9.17, 15) is 13.2 Å². The number of rotatable bonds is 8. The first kappa shape index (κ1) is 25.6. The second-order valence-corrected chi connectivity index (χ2v) is 5.69. The Kier molecular flexibility index (Phi) is 10.5. The Balaban J connectivity index is 0.00000450. The van der Waals surface area contributed by atoms with Crippen molar-refractivity contribution in [3.05, 3.63) is 42.1 Å². The Morgan fingerprint density at radius 1 is 1.10 bits per heavy atom. The maximum absolute atomic E-state index is 12.5. The van der Waals surface area contributed by atoms with Gasteiger partial charge in [-0.25, -0.2) is 9.98 Å². The molecule has 0 aliphatic heterocycles. The number of pyridine rings is 1. The highest BCUT2D eigenvalue weighted by molar-refractivity contribution is 14.0. The first-order chi connectivity index (χ1) is 13.9. The molecule has 11 heteroatoms. The lowest BCUT2D eigenvalue weighted by atomic mass is 10.3. The van der Waals surface area contributed by atoms with Crippen molar-refractivity contribution in [3.8, 4) is 17.4 Å². The van der Waals surface area contributed by atoms with Crippen LogP contribution in [0, 0.1) is 0 Å². The fraction of sp³-hybridized carbons (Fsp3) is 0.368. The minimum atomic E-state index is -4.42. The van der Waals surface area contributed by atoms with Crippen LogP contribution >= 0.6 is 24.0 Å². The number of guanidine groups is 1. The van der Waals surface area contributed by atoms with Gasteiger partial charge in [-0.2, -0.15) is 13.2 Å². The molecule has 0 saturated heterocycles. The second-order valence-electron chi connectivity index (χ2n) is 5.69. The number of aromatic nitrogens is 1. The van der Waals surface area contributed by atoms with E-state index in [0.29, 0.717) is 24.0 Å². The van der Waals surface area contributed by atoms with Crippen LogP contribution in [0.5, 0.6) is 17.4 Å². The highest BCUT2D eigenvalue weighted by Crippen LogP contribution is 2.30. The van der Waals surface area contributed by atoms with Gasteiger partial charge in [-0.05, 0) is 25.1 Å². The second kappa shape index (κ2) is 12.3. The molecule has 0 unspecified atom stereocenters. The smallest absolute Gasteiger partial charge is 0.417 e. The van der Waals surface area contributed by atoms with E-state index in [1.807, 2.05) is 13.0 Å². The van der Waals surface area contributed by atoms with Crippen molar-refractivity contribution in [2.75, 3.05) is 39.2 Å². The van der Waals surface area contributed by atoms with Crippen molar-refractivity contribution in [2.24, 2.45) is 4.99 Å². The van der Waals surface area contributed by atoms with Crippen LogP contribution in [0.4, 0.5) is 18.9 Å². The predicted octanol–water partition coefficient (Wildman–Crippen LogP) is 4.19. The number of hydrogen-bond acceptors (Lipinski definition) is 5. The summed E-state index contributed by atoms with van der Waals surface area (Å²) in [7, 11) is 3.11. The normalized spacial score (nSPS) is 11.3. The molecular formula is C19H24F3IN4O3. The molecule has 2 rings (SSSR count). The summed E-state index contributed by atoms with van der Waals surface area (Å²) in [6.45, 7) is 2.99. The van der Waals surface area contributed by atoms with Crippen LogP contribution in [-0.4, -0.2) is 44.9 Å². The molecule has 0 atom stereocenters. The van der Waals surface area contributed by atoms with Crippen molar-refractivity contribution in [1.82, 2.24) is 10.3 Å². The number of ether oxygens (including phenoxy) is 3.